The molecule has 4 nitrogen and oxygen atoms in total. The second-order valence-electron chi connectivity index (χ2n) is 9.38. The summed E-state index contributed by atoms with van der Waals surface area (Å²) in [5, 5.41) is 10.1. The molecule has 3 aliphatic rings. The van der Waals surface area contributed by atoms with E-state index in [4.69, 9.17) is 4.74 Å². The molecule has 2 aliphatic heterocycles. The fourth-order valence-electron chi connectivity index (χ4n) is 5.36. The highest BCUT2D eigenvalue weighted by molar-refractivity contribution is 5.75. The van der Waals surface area contributed by atoms with Gasteiger partial charge in [0.15, 0.2) is 0 Å². The van der Waals surface area contributed by atoms with Crippen LogP contribution in [0.4, 0.5) is 0 Å². The molecule has 4 rings (SSSR count). The lowest BCUT2D eigenvalue weighted by Gasteiger charge is -2.57. The van der Waals surface area contributed by atoms with Crippen LogP contribution in [-0.2, 0) is 0 Å². The Morgan fingerprint density at radius 1 is 1.23 bits per heavy atom. The predicted molar refractivity (Wildman–Crippen MR) is 128 cm³/mol. The van der Waals surface area contributed by atoms with E-state index in [1.807, 2.05) is 12.1 Å². The van der Waals surface area contributed by atoms with Gasteiger partial charge in [-0.3, -0.25) is 4.90 Å². The quantitative estimate of drug-likeness (QED) is 0.631. The molecular formula is C27H38N2O2. The summed E-state index contributed by atoms with van der Waals surface area (Å²) in [5.41, 5.74) is 3.43. The lowest BCUT2D eigenvalue weighted by Crippen LogP contribution is -2.69. The van der Waals surface area contributed by atoms with Crippen LogP contribution in [-0.4, -0.2) is 66.9 Å². The van der Waals surface area contributed by atoms with E-state index in [1.54, 1.807) is 7.11 Å². The van der Waals surface area contributed by atoms with Crippen molar-refractivity contribution in [2.45, 2.75) is 44.7 Å². The van der Waals surface area contributed by atoms with Crippen LogP contribution >= 0.6 is 0 Å². The number of benzene rings is 1. The second-order valence-corrected chi connectivity index (χ2v) is 9.38. The van der Waals surface area contributed by atoms with Gasteiger partial charge in [0.2, 0.25) is 0 Å². The van der Waals surface area contributed by atoms with E-state index in [9.17, 15) is 5.11 Å². The Bertz CT molecular complexity index is 826. The number of methoxy groups -OCH3 is 1. The van der Waals surface area contributed by atoms with Crippen molar-refractivity contribution in [2.75, 3.05) is 39.9 Å². The Morgan fingerprint density at radius 2 is 2.03 bits per heavy atom. The van der Waals surface area contributed by atoms with Gasteiger partial charge >= 0.3 is 0 Å². The minimum atomic E-state index is 0.203. The maximum Gasteiger partial charge on any atom is 0.119 e. The highest BCUT2D eigenvalue weighted by Crippen LogP contribution is 2.40. The van der Waals surface area contributed by atoms with Gasteiger partial charge in [0.05, 0.1) is 13.7 Å². The number of nitrogens with zero attached hydrogens (tertiary/aromatic N) is 2. The molecule has 3 atom stereocenters. The van der Waals surface area contributed by atoms with Crippen LogP contribution in [0.2, 0.25) is 0 Å². The molecular weight excluding hydrogens is 384 g/mol. The number of aliphatic hydroxyl groups excluding tert-OH is 1. The van der Waals surface area contributed by atoms with Crippen LogP contribution in [0.25, 0.3) is 5.57 Å². The van der Waals surface area contributed by atoms with E-state index in [1.165, 1.54) is 38.8 Å². The summed E-state index contributed by atoms with van der Waals surface area (Å²) in [6.07, 6.45) is 11.8. The van der Waals surface area contributed by atoms with Gasteiger partial charge in [0, 0.05) is 31.1 Å². The normalized spacial score (nSPS) is 28.0. The molecule has 1 N–H and O–H groups in total. The molecule has 1 aromatic rings. The maximum atomic E-state index is 10.1. The average Bonchev–Trinajstić information content (AvgIpc) is 3.59. The summed E-state index contributed by atoms with van der Waals surface area (Å²) in [5.74, 6) is 2.11. The number of rotatable bonds is 8. The molecule has 4 heteroatoms. The summed E-state index contributed by atoms with van der Waals surface area (Å²) in [4.78, 5) is 5.22. The van der Waals surface area contributed by atoms with Crippen LogP contribution in [0, 0.1) is 11.8 Å². The van der Waals surface area contributed by atoms with Crippen molar-refractivity contribution in [1.29, 1.82) is 0 Å². The smallest absolute Gasteiger partial charge is 0.119 e. The summed E-state index contributed by atoms with van der Waals surface area (Å²) in [7, 11) is 1.70. The summed E-state index contributed by atoms with van der Waals surface area (Å²) < 4.78 is 5.38. The maximum absolute atomic E-state index is 10.1. The number of aliphatic hydroxyl groups is 1. The van der Waals surface area contributed by atoms with E-state index in [-0.39, 0.29) is 12.6 Å². The minimum absolute atomic E-state index is 0.203. The molecule has 0 unspecified atom stereocenters. The molecule has 1 saturated carbocycles. The monoisotopic (exact) mass is 422 g/mol. The molecule has 0 aromatic heterocycles. The molecule has 0 amide bonds. The second kappa shape index (κ2) is 10.2. The highest BCUT2D eigenvalue weighted by Gasteiger charge is 2.49. The third-order valence-corrected chi connectivity index (χ3v) is 7.29. The molecule has 2 heterocycles. The lowest BCUT2D eigenvalue weighted by atomic mass is 9.74. The van der Waals surface area contributed by atoms with Gasteiger partial charge in [-0.15, -0.1) is 0 Å². The summed E-state index contributed by atoms with van der Waals surface area (Å²) in [6.45, 7) is 11.4. The van der Waals surface area contributed by atoms with E-state index >= 15 is 0 Å². The van der Waals surface area contributed by atoms with Crippen molar-refractivity contribution in [1.82, 2.24) is 9.80 Å². The SMILES string of the molecule is C=C(/C=C\C(=C/C)c1cccc(OC)c1)[C@@H]1[C@@H](CO)N2CCCCN(CC3CC3)C[C@@H]12. The largest absolute Gasteiger partial charge is 0.497 e. The number of allylic oxidation sites excluding steroid dienone is 4. The zero-order valence-electron chi connectivity index (χ0n) is 19.2. The Morgan fingerprint density at radius 3 is 2.74 bits per heavy atom. The van der Waals surface area contributed by atoms with Gasteiger partial charge in [-0.05, 0) is 80.5 Å². The van der Waals surface area contributed by atoms with E-state index in [0.717, 1.165) is 41.5 Å². The molecule has 1 aromatic carbocycles. The number of ether oxygens (including phenoxy) is 1. The number of fused-ring (bicyclic) bond motifs is 1. The molecule has 168 valence electrons. The highest BCUT2D eigenvalue weighted by atomic mass is 16.5. The predicted octanol–water partition coefficient (Wildman–Crippen LogP) is 4.38. The number of hydrogen-bond acceptors (Lipinski definition) is 4. The Kier molecular flexibility index (Phi) is 7.31. The van der Waals surface area contributed by atoms with Crippen molar-refractivity contribution in [2.24, 2.45) is 11.8 Å². The zero-order chi connectivity index (χ0) is 21.8. The topological polar surface area (TPSA) is 35.9 Å². The standard InChI is InChI=1S/C27H38N2O2/c1-4-22(23-8-7-9-24(16-23)31-3)13-10-20(2)27-25-18-28(17-21-11-12-21)14-5-6-15-29(25)26(27)19-30/h4,7-10,13,16,21,25-27,30H,2,5-6,11-12,14-15,17-19H2,1,3H3/b13-10-,22-4+/t25-,26+,27-/m0/s1. The average molecular weight is 423 g/mol. The molecule has 0 spiro atoms. The van der Waals surface area contributed by atoms with Crippen molar-refractivity contribution in [3.05, 3.63) is 60.2 Å². The molecule has 2 saturated heterocycles. The van der Waals surface area contributed by atoms with Gasteiger partial charge in [0.25, 0.3) is 0 Å². The summed E-state index contributed by atoms with van der Waals surface area (Å²) in [6, 6.07) is 8.84. The summed E-state index contributed by atoms with van der Waals surface area (Å²) >= 11 is 0. The third-order valence-electron chi connectivity index (χ3n) is 7.29. The van der Waals surface area contributed by atoms with Crippen LogP contribution < -0.4 is 4.74 Å². The first kappa shape index (κ1) is 22.3. The molecule has 1 aliphatic carbocycles. The Hall–Kier alpha value is -1.88. The fourth-order valence-corrected chi connectivity index (χ4v) is 5.36. The van der Waals surface area contributed by atoms with E-state index in [2.05, 4.69) is 53.7 Å². The molecule has 31 heavy (non-hydrogen) atoms. The zero-order valence-corrected chi connectivity index (χ0v) is 19.2. The van der Waals surface area contributed by atoms with Gasteiger partial charge in [-0.1, -0.05) is 36.9 Å². The van der Waals surface area contributed by atoms with Gasteiger partial charge in [0.1, 0.15) is 5.75 Å². The fraction of sp³-hybridized carbons (Fsp3) is 0.556. The van der Waals surface area contributed by atoms with Gasteiger partial charge in [-0.25, -0.2) is 0 Å². The van der Waals surface area contributed by atoms with Gasteiger partial charge < -0.3 is 14.7 Å². The minimum Gasteiger partial charge on any atom is -0.497 e. The van der Waals surface area contributed by atoms with E-state index in [0.29, 0.717) is 12.0 Å². The van der Waals surface area contributed by atoms with Crippen molar-refractivity contribution < 1.29 is 9.84 Å². The first-order valence-corrected chi connectivity index (χ1v) is 11.9. The first-order chi connectivity index (χ1) is 15.1. The van der Waals surface area contributed by atoms with Crippen LogP contribution in [0.3, 0.4) is 0 Å². The lowest BCUT2D eigenvalue weighted by molar-refractivity contribution is -0.0822. The molecule has 0 radical (unpaired) electrons. The Labute approximate surface area is 187 Å². The number of hydrogen-bond donors (Lipinski definition) is 1. The van der Waals surface area contributed by atoms with Crippen molar-refractivity contribution in [3.63, 3.8) is 0 Å². The van der Waals surface area contributed by atoms with Gasteiger partial charge in [-0.2, -0.15) is 0 Å². The van der Waals surface area contributed by atoms with Crippen LogP contribution in [0.1, 0.15) is 38.2 Å². The van der Waals surface area contributed by atoms with E-state index < -0.39 is 0 Å². The Balaban J connectivity index is 1.47. The third kappa shape index (κ3) is 5.14. The first-order valence-electron chi connectivity index (χ1n) is 11.9. The molecule has 3 fully saturated rings. The van der Waals surface area contributed by atoms with Crippen molar-refractivity contribution in [3.8, 4) is 5.75 Å². The van der Waals surface area contributed by atoms with Crippen LogP contribution in [0.15, 0.2) is 54.6 Å². The van der Waals surface area contributed by atoms with Crippen molar-refractivity contribution >= 4 is 5.57 Å². The molecule has 0 bridgehead atoms. The van der Waals surface area contributed by atoms with Crippen LogP contribution in [0.5, 0.6) is 5.75 Å².